The fourth-order valence-corrected chi connectivity index (χ4v) is 4.64. The van der Waals surface area contributed by atoms with Crippen molar-refractivity contribution >= 4 is 29.9 Å². The first-order chi connectivity index (χ1) is 13.7. The molecular weight excluding hydrogens is 475 g/mol. The molecule has 2 aliphatic heterocycles. The maximum absolute atomic E-state index is 6.17. The van der Waals surface area contributed by atoms with Crippen LogP contribution in [0.15, 0.2) is 29.3 Å². The Labute approximate surface area is 193 Å². The summed E-state index contributed by atoms with van der Waals surface area (Å²) < 4.78 is 6.17. The van der Waals surface area contributed by atoms with Crippen LogP contribution in [0.4, 0.5) is 0 Å². The molecule has 29 heavy (non-hydrogen) atoms. The molecule has 3 fully saturated rings. The Morgan fingerprint density at radius 1 is 1.10 bits per heavy atom. The van der Waals surface area contributed by atoms with Gasteiger partial charge in [-0.25, -0.2) is 0 Å². The highest BCUT2D eigenvalue weighted by Gasteiger charge is 2.32. The Bertz CT molecular complexity index is 653. The lowest BCUT2D eigenvalue weighted by molar-refractivity contribution is -0.0265. The number of piperidine rings is 1. The first-order valence-corrected chi connectivity index (χ1v) is 11.1. The van der Waals surface area contributed by atoms with Gasteiger partial charge < -0.3 is 20.3 Å². The van der Waals surface area contributed by atoms with Gasteiger partial charge in [0.1, 0.15) is 0 Å². The molecule has 2 atom stereocenters. The number of ether oxygens (including phenoxy) is 1. The van der Waals surface area contributed by atoms with Gasteiger partial charge in [0.2, 0.25) is 0 Å². The smallest absolute Gasteiger partial charge is 0.191 e. The van der Waals surface area contributed by atoms with Crippen LogP contribution < -0.4 is 10.6 Å². The Balaban J connectivity index is 0.00000240. The summed E-state index contributed by atoms with van der Waals surface area (Å²) in [5, 5.41) is 7.25. The number of likely N-dealkylation sites (tertiary alicyclic amines) is 1. The second kappa shape index (κ2) is 11.0. The van der Waals surface area contributed by atoms with Crippen molar-refractivity contribution in [2.75, 3.05) is 33.3 Å². The van der Waals surface area contributed by atoms with Crippen LogP contribution in [0.1, 0.15) is 55.8 Å². The lowest BCUT2D eigenvalue weighted by Gasteiger charge is -2.34. The first kappa shape index (κ1) is 22.8. The maximum Gasteiger partial charge on any atom is 0.191 e. The highest BCUT2D eigenvalue weighted by molar-refractivity contribution is 14.0. The number of aliphatic imine (C=N–C) groups is 1. The summed E-state index contributed by atoms with van der Waals surface area (Å²) in [7, 11) is 1.88. The van der Waals surface area contributed by atoms with Gasteiger partial charge in [-0.3, -0.25) is 4.99 Å². The zero-order valence-electron chi connectivity index (χ0n) is 17.9. The summed E-state index contributed by atoms with van der Waals surface area (Å²) in [6.45, 7) is 6.35. The predicted molar refractivity (Wildman–Crippen MR) is 130 cm³/mol. The van der Waals surface area contributed by atoms with Crippen LogP contribution >= 0.6 is 24.0 Å². The van der Waals surface area contributed by atoms with E-state index in [9.17, 15) is 0 Å². The van der Waals surface area contributed by atoms with Crippen molar-refractivity contribution in [3.8, 4) is 0 Å². The number of guanidine groups is 1. The summed E-state index contributed by atoms with van der Waals surface area (Å²) in [6, 6.07) is 10.2. The molecule has 6 heteroatoms. The molecule has 3 aliphatic rings. The number of benzene rings is 1. The van der Waals surface area contributed by atoms with Crippen LogP contribution in [-0.4, -0.2) is 56.2 Å². The molecule has 162 valence electrons. The van der Waals surface area contributed by atoms with Crippen LogP contribution in [0.3, 0.4) is 0 Å². The number of nitrogens with zero attached hydrogens (tertiary/aromatic N) is 2. The molecule has 1 aromatic rings. The van der Waals surface area contributed by atoms with E-state index in [0.717, 1.165) is 31.6 Å². The lowest BCUT2D eigenvalue weighted by atomic mass is 9.89. The molecule has 0 spiro atoms. The standard InChI is InChI=1S/C23H36N4O.HI/c1-17-5-7-18(8-6-17)22-19(4-3-15-28-22)16-25-23(24-2)26-20-11-13-27(14-12-20)21-9-10-21;/h5-8,19-22H,3-4,9-16H2,1-2H3,(H2,24,25,26);1H. The largest absolute Gasteiger partial charge is 0.373 e. The van der Waals surface area contributed by atoms with E-state index in [1.54, 1.807) is 0 Å². The molecular formula is C23H37IN4O. The van der Waals surface area contributed by atoms with Crippen LogP contribution in [0.5, 0.6) is 0 Å². The van der Waals surface area contributed by atoms with E-state index in [4.69, 9.17) is 4.74 Å². The van der Waals surface area contributed by atoms with Crippen molar-refractivity contribution in [3.63, 3.8) is 0 Å². The zero-order valence-corrected chi connectivity index (χ0v) is 20.2. The molecule has 1 aliphatic carbocycles. The second-order valence-corrected chi connectivity index (χ2v) is 8.74. The molecule has 2 heterocycles. The van der Waals surface area contributed by atoms with Gasteiger partial charge in [0.15, 0.2) is 5.96 Å². The van der Waals surface area contributed by atoms with Crippen molar-refractivity contribution in [1.82, 2.24) is 15.5 Å². The summed E-state index contributed by atoms with van der Waals surface area (Å²) in [6.07, 6.45) is 7.77. The van der Waals surface area contributed by atoms with E-state index in [0.29, 0.717) is 12.0 Å². The van der Waals surface area contributed by atoms with Gasteiger partial charge in [0.25, 0.3) is 0 Å². The highest BCUT2D eigenvalue weighted by Crippen LogP contribution is 2.33. The monoisotopic (exact) mass is 512 g/mol. The Morgan fingerprint density at radius 2 is 1.83 bits per heavy atom. The van der Waals surface area contributed by atoms with Crippen molar-refractivity contribution in [3.05, 3.63) is 35.4 Å². The van der Waals surface area contributed by atoms with Crippen molar-refractivity contribution < 1.29 is 4.74 Å². The van der Waals surface area contributed by atoms with E-state index in [1.807, 2.05) is 7.05 Å². The third-order valence-electron chi connectivity index (χ3n) is 6.54. The Morgan fingerprint density at radius 3 is 2.48 bits per heavy atom. The van der Waals surface area contributed by atoms with Crippen molar-refractivity contribution in [2.24, 2.45) is 10.9 Å². The van der Waals surface area contributed by atoms with Gasteiger partial charge in [-0.1, -0.05) is 29.8 Å². The predicted octanol–water partition coefficient (Wildman–Crippen LogP) is 3.87. The molecule has 0 aromatic heterocycles. The number of hydrogen-bond donors (Lipinski definition) is 2. The number of hydrogen-bond acceptors (Lipinski definition) is 3. The topological polar surface area (TPSA) is 48.9 Å². The van der Waals surface area contributed by atoms with Crippen LogP contribution in [0.25, 0.3) is 0 Å². The van der Waals surface area contributed by atoms with E-state index in [-0.39, 0.29) is 30.1 Å². The van der Waals surface area contributed by atoms with Crippen LogP contribution in [-0.2, 0) is 4.74 Å². The van der Waals surface area contributed by atoms with Crippen molar-refractivity contribution in [2.45, 2.75) is 63.6 Å². The summed E-state index contributed by atoms with van der Waals surface area (Å²) in [5.74, 6) is 1.42. The highest BCUT2D eigenvalue weighted by atomic mass is 127. The average molecular weight is 512 g/mol. The van der Waals surface area contributed by atoms with Crippen molar-refractivity contribution in [1.29, 1.82) is 0 Å². The summed E-state index contributed by atoms with van der Waals surface area (Å²) >= 11 is 0. The average Bonchev–Trinajstić information content (AvgIpc) is 3.58. The summed E-state index contributed by atoms with van der Waals surface area (Å²) in [5.41, 5.74) is 2.60. The number of halogens is 1. The normalized spacial score (nSPS) is 26.6. The molecule has 5 nitrogen and oxygen atoms in total. The minimum atomic E-state index is 0. The maximum atomic E-state index is 6.17. The Hall–Kier alpha value is -0.860. The minimum absolute atomic E-state index is 0. The number of rotatable bonds is 5. The van der Waals surface area contributed by atoms with E-state index >= 15 is 0 Å². The third-order valence-corrected chi connectivity index (χ3v) is 6.54. The van der Waals surface area contributed by atoms with Gasteiger partial charge in [0, 0.05) is 51.3 Å². The molecule has 1 aromatic carbocycles. The fourth-order valence-electron chi connectivity index (χ4n) is 4.64. The molecule has 1 saturated carbocycles. The van der Waals surface area contributed by atoms with E-state index < -0.39 is 0 Å². The Kier molecular flexibility index (Phi) is 8.62. The molecule has 2 saturated heterocycles. The van der Waals surface area contributed by atoms with Gasteiger partial charge in [0.05, 0.1) is 6.10 Å². The van der Waals surface area contributed by atoms with E-state index in [2.05, 4.69) is 51.7 Å². The van der Waals surface area contributed by atoms with Gasteiger partial charge >= 0.3 is 0 Å². The molecule has 0 amide bonds. The molecule has 2 N–H and O–H groups in total. The van der Waals surface area contributed by atoms with Gasteiger partial charge in [-0.2, -0.15) is 0 Å². The second-order valence-electron chi connectivity index (χ2n) is 8.74. The van der Waals surface area contributed by atoms with Crippen LogP contribution in [0.2, 0.25) is 0 Å². The quantitative estimate of drug-likeness (QED) is 0.358. The summed E-state index contributed by atoms with van der Waals surface area (Å²) in [4.78, 5) is 7.15. The van der Waals surface area contributed by atoms with E-state index in [1.165, 1.54) is 56.3 Å². The molecule has 4 rings (SSSR count). The minimum Gasteiger partial charge on any atom is -0.373 e. The fraction of sp³-hybridized carbons (Fsp3) is 0.696. The molecule has 2 unspecified atom stereocenters. The van der Waals surface area contributed by atoms with Crippen LogP contribution in [0, 0.1) is 12.8 Å². The van der Waals surface area contributed by atoms with Gasteiger partial charge in [-0.15, -0.1) is 24.0 Å². The SMILES string of the molecule is CN=C(NCC1CCCOC1c1ccc(C)cc1)NC1CCN(C2CC2)CC1.I. The third kappa shape index (κ3) is 6.31. The lowest BCUT2D eigenvalue weighted by Crippen LogP contribution is -2.50. The number of nitrogens with one attached hydrogen (secondary N) is 2. The molecule has 0 radical (unpaired) electrons. The zero-order chi connectivity index (χ0) is 19.3. The number of aryl methyl sites for hydroxylation is 1. The van der Waals surface area contributed by atoms with Gasteiger partial charge in [-0.05, 0) is 51.0 Å². The molecule has 0 bridgehead atoms. The first-order valence-electron chi connectivity index (χ1n) is 11.1.